The van der Waals surface area contributed by atoms with Gasteiger partial charge in [0.25, 0.3) is 0 Å². The number of benzene rings is 1. The molecule has 0 saturated heterocycles. The van der Waals surface area contributed by atoms with Crippen molar-refractivity contribution in [3.63, 3.8) is 0 Å². The van der Waals surface area contributed by atoms with Crippen LogP contribution in [0.1, 0.15) is 37.7 Å². The molecule has 0 aliphatic heterocycles. The van der Waals surface area contributed by atoms with Crippen molar-refractivity contribution in [2.24, 2.45) is 17.8 Å². The molecular weight excluding hydrogens is 248 g/mol. The molecule has 2 unspecified atom stereocenters. The molecule has 106 valence electrons. The third-order valence-electron chi connectivity index (χ3n) is 5.64. The van der Waals surface area contributed by atoms with Gasteiger partial charge in [-0.15, -0.1) is 0 Å². The molecule has 1 N–H and O–H groups in total. The molecule has 0 spiro atoms. The molecule has 2 nitrogen and oxygen atoms in total. The highest BCUT2D eigenvalue weighted by Crippen LogP contribution is 2.59. The number of rotatable bonds is 3. The van der Waals surface area contributed by atoms with E-state index in [0.717, 1.165) is 30.2 Å². The first kappa shape index (κ1) is 12.5. The lowest BCUT2D eigenvalue weighted by Gasteiger charge is -2.57. The Morgan fingerprint density at radius 2 is 1.95 bits per heavy atom. The first-order valence-corrected chi connectivity index (χ1v) is 7.76. The van der Waals surface area contributed by atoms with E-state index in [2.05, 4.69) is 6.58 Å². The molecule has 1 aromatic rings. The molecule has 4 aliphatic rings. The van der Waals surface area contributed by atoms with E-state index in [1.54, 1.807) is 12.1 Å². The maximum absolute atomic E-state index is 9.55. The molecule has 2 heteroatoms. The van der Waals surface area contributed by atoms with Gasteiger partial charge in [-0.05, 0) is 73.1 Å². The minimum absolute atomic E-state index is 0.0692. The Labute approximate surface area is 120 Å². The van der Waals surface area contributed by atoms with Crippen LogP contribution in [0.15, 0.2) is 36.4 Å². The molecule has 5 rings (SSSR count). The standard InChI is InChI=1S/C18H22O2/c1-12-16-6-14-5-15(7-16)10-18(12,9-14)20-11-13-3-2-4-17(19)8-13/h2-4,8,14-16,19H,1,5-7,9-11H2. The minimum atomic E-state index is -0.0692. The third-order valence-corrected chi connectivity index (χ3v) is 5.64. The second-order valence-electron chi connectivity index (χ2n) is 7.02. The van der Waals surface area contributed by atoms with E-state index in [9.17, 15) is 5.11 Å². The van der Waals surface area contributed by atoms with Crippen LogP contribution in [-0.2, 0) is 11.3 Å². The van der Waals surface area contributed by atoms with Crippen molar-refractivity contribution in [3.8, 4) is 5.75 Å². The minimum Gasteiger partial charge on any atom is -0.508 e. The number of phenolic OH excluding ortho intramolecular Hbond substituents is 1. The fraction of sp³-hybridized carbons (Fsp3) is 0.556. The number of phenols is 1. The molecule has 0 radical (unpaired) electrons. The lowest BCUT2D eigenvalue weighted by Crippen LogP contribution is -2.53. The van der Waals surface area contributed by atoms with Crippen molar-refractivity contribution in [2.75, 3.05) is 0 Å². The van der Waals surface area contributed by atoms with E-state index in [1.807, 2.05) is 12.1 Å². The normalized spacial score (nSPS) is 38.4. The van der Waals surface area contributed by atoms with Crippen LogP contribution < -0.4 is 0 Å². The summed E-state index contributed by atoms with van der Waals surface area (Å²) < 4.78 is 6.38. The molecule has 2 atom stereocenters. The van der Waals surface area contributed by atoms with Crippen molar-refractivity contribution in [1.29, 1.82) is 0 Å². The SMILES string of the molecule is C=C1C2CC3CC(C2)CC1(OCc1cccc(O)c1)C3. The Kier molecular flexibility index (Phi) is 2.71. The molecule has 20 heavy (non-hydrogen) atoms. The zero-order chi connectivity index (χ0) is 13.7. The van der Waals surface area contributed by atoms with Crippen molar-refractivity contribution in [1.82, 2.24) is 0 Å². The second-order valence-corrected chi connectivity index (χ2v) is 7.02. The van der Waals surface area contributed by atoms with Gasteiger partial charge in [-0.2, -0.15) is 0 Å². The molecule has 4 aliphatic carbocycles. The Morgan fingerprint density at radius 1 is 1.20 bits per heavy atom. The molecule has 4 fully saturated rings. The van der Waals surface area contributed by atoms with Crippen LogP contribution >= 0.6 is 0 Å². The maximum atomic E-state index is 9.55. The summed E-state index contributed by atoms with van der Waals surface area (Å²) >= 11 is 0. The first-order valence-electron chi connectivity index (χ1n) is 7.76. The summed E-state index contributed by atoms with van der Waals surface area (Å²) in [5, 5.41) is 9.55. The van der Waals surface area contributed by atoms with Gasteiger partial charge in [0.05, 0.1) is 12.2 Å². The topological polar surface area (TPSA) is 29.5 Å². The van der Waals surface area contributed by atoms with Crippen LogP contribution in [0.5, 0.6) is 5.75 Å². The van der Waals surface area contributed by atoms with Crippen molar-refractivity contribution in [3.05, 3.63) is 42.0 Å². The number of hydrogen-bond donors (Lipinski definition) is 1. The Balaban J connectivity index is 1.54. The zero-order valence-corrected chi connectivity index (χ0v) is 11.8. The molecule has 1 aromatic carbocycles. The van der Waals surface area contributed by atoms with Gasteiger partial charge in [0, 0.05) is 0 Å². The van der Waals surface area contributed by atoms with Crippen LogP contribution in [0, 0.1) is 17.8 Å². The van der Waals surface area contributed by atoms with Gasteiger partial charge in [0.15, 0.2) is 0 Å². The summed E-state index contributed by atoms with van der Waals surface area (Å²) in [5.41, 5.74) is 2.33. The highest BCUT2D eigenvalue weighted by atomic mass is 16.5. The monoisotopic (exact) mass is 270 g/mol. The second kappa shape index (κ2) is 4.36. The predicted molar refractivity (Wildman–Crippen MR) is 78.3 cm³/mol. The smallest absolute Gasteiger partial charge is 0.115 e. The summed E-state index contributed by atoms with van der Waals surface area (Å²) in [6.07, 6.45) is 6.41. The van der Waals surface area contributed by atoms with Gasteiger partial charge in [-0.1, -0.05) is 18.7 Å². The summed E-state index contributed by atoms with van der Waals surface area (Å²) in [6.45, 7) is 4.96. The fourth-order valence-corrected chi connectivity index (χ4v) is 4.91. The fourth-order valence-electron chi connectivity index (χ4n) is 4.91. The molecule has 0 amide bonds. The Morgan fingerprint density at radius 3 is 2.65 bits per heavy atom. The lowest BCUT2D eigenvalue weighted by molar-refractivity contribution is -0.127. The van der Waals surface area contributed by atoms with E-state index in [0.29, 0.717) is 18.3 Å². The predicted octanol–water partition coefficient (Wildman–Crippen LogP) is 4.04. The molecule has 4 saturated carbocycles. The van der Waals surface area contributed by atoms with Gasteiger partial charge >= 0.3 is 0 Å². The van der Waals surface area contributed by atoms with Crippen molar-refractivity contribution in [2.45, 2.75) is 44.3 Å². The van der Waals surface area contributed by atoms with Gasteiger partial charge in [0.1, 0.15) is 5.75 Å². The first-order chi connectivity index (χ1) is 9.64. The van der Waals surface area contributed by atoms with E-state index < -0.39 is 0 Å². The van der Waals surface area contributed by atoms with Gasteiger partial charge < -0.3 is 9.84 Å². The highest BCUT2D eigenvalue weighted by molar-refractivity contribution is 5.29. The van der Waals surface area contributed by atoms with E-state index in [1.165, 1.54) is 24.8 Å². The van der Waals surface area contributed by atoms with Gasteiger partial charge in [-0.3, -0.25) is 0 Å². The molecule has 0 heterocycles. The van der Waals surface area contributed by atoms with Crippen LogP contribution in [-0.4, -0.2) is 10.7 Å². The Hall–Kier alpha value is -1.28. The molecule has 4 bridgehead atoms. The average molecular weight is 270 g/mol. The number of ether oxygens (including phenoxy) is 1. The molecule has 0 aromatic heterocycles. The maximum Gasteiger partial charge on any atom is 0.115 e. The summed E-state index contributed by atoms with van der Waals surface area (Å²) in [7, 11) is 0. The summed E-state index contributed by atoms with van der Waals surface area (Å²) in [5.74, 6) is 2.71. The quantitative estimate of drug-likeness (QED) is 0.840. The highest BCUT2D eigenvalue weighted by Gasteiger charge is 2.54. The van der Waals surface area contributed by atoms with Crippen molar-refractivity contribution >= 4 is 0 Å². The van der Waals surface area contributed by atoms with Gasteiger partial charge in [-0.25, -0.2) is 0 Å². The van der Waals surface area contributed by atoms with Gasteiger partial charge in [0.2, 0.25) is 0 Å². The number of aromatic hydroxyl groups is 1. The summed E-state index contributed by atoms with van der Waals surface area (Å²) in [4.78, 5) is 0. The van der Waals surface area contributed by atoms with E-state index in [4.69, 9.17) is 4.74 Å². The third kappa shape index (κ3) is 1.89. The Bertz CT molecular complexity index is 534. The van der Waals surface area contributed by atoms with E-state index in [-0.39, 0.29) is 5.60 Å². The van der Waals surface area contributed by atoms with Crippen LogP contribution in [0.3, 0.4) is 0 Å². The molecular formula is C18H22O2. The van der Waals surface area contributed by atoms with Crippen LogP contribution in [0.2, 0.25) is 0 Å². The largest absolute Gasteiger partial charge is 0.508 e. The van der Waals surface area contributed by atoms with Crippen LogP contribution in [0.4, 0.5) is 0 Å². The lowest BCUT2D eigenvalue weighted by atomic mass is 9.52. The number of hydrogen-bond acceptors (Lipinski definition) is 2. The van der Waals surface area contributed by atoms with Crippen LogP contribution in [0.25, 0.3) is 0 Å². The summed E-state index contributed by atoms with van der Waals surface area (Å²) in [6, 6.07) is 7.39. The van der Waals surface area contributed by atoms with Crippen molar-refractivity contribution < 1.29 is 9.84 Å². The average Bonchev–Trinajstić information content (AvgIpc) is 2.42. The van der Waals surface area contributed by atoms with E-state index >= 15 is 0 Å². The zero-order valence-electron chi connectivity index (χ0n) is 11.8.